The van der Waals surface area contributed by atoms with Crippen molar-refractivity contribution >= 4 is 29.0 Å². The van der Waals surface area contributed by atoms with Gasteiger partial charge in [0, 0.05) is 31.0 Å². The fourth-order valence-corrected chi connectivity index (χ4v) is 4.52. The molecule has 12 heteroatoms. The molecule has 3 aromatic heterocycles. The third-order valence-electron chi connectivity index (χ3n) is 6.34. The number of anilines is 2. The second kappa shape index (κ2) is 11.2. The van der Waals surface area contributed by atoms with Crippen LogP contribution in [0.2, 0.25) is 0 Å². The van der Waals surface area contributed by atoms with E-state index in [1.54, 1.807) is 24.5 Å². The van der Waals surface area contributed by atoms with E-state index in [-0.39, 0.29) is 24.0 Å². The van der Waals surface area contributed by atoms with Crippen LogP contribution < -0.4 is 16.0 Å². The smallest absolute Gasteiger partial charge is 0.407 e. The molecule has 0 unspecified atom stereocenters. The number of carbonyl (C=O) groups excluding carboxylic acids is 1. The second-order valence-corrected chi connectivity index (χ2v) is 10.6. The summed E-state index contributed by atoms with van der Waals surface area (Å²) in [4.78, 5) is 30.0. The zero-order valence-corrected chi connectivity index (χ0v) is 22.2. The maximum atomic E-state index is 13.4. The third-order valence-corrected chi connectivity index (χ3v) is 6.34. The Morgan fingerprint density at radius 3 is 2.64 bits per heavy atom. The number of rotatable bonds is 7. The molecule has 39 heavy (non-hydrogen) atoms. The van der Waals surface area contributed by atoms with Gasteiger partial charge >= 0.3 is 6.09 Å². The first-order valence-corrected chi connectivity index (χ1v) is 13.0. The van der Waals surface area contributed by atoms with Crippen molar-refractivity contribution in [1.82, 2.24) is 35.5 Å². The van der Waals surface area contributed by atoms with Crippen LogP contribution in [0, 0.1) is 5.82 Å². The number of carbonyl (C=O) groups is 1. The number of aromatic nitrogens is 6. The summed E-state index contributed by atoms with van der Waals surface area (Å²) in [6.45, 7) is 5.95. The molecule has 4 N–H and O–H groups in total. The lowest BCUT2D eigenvalue weighted by Crippen LogP contribution is -2.42. The number of amides is 1. The van der Waals surface area contributed by atoms with Gasteiger partial charge in [-0.15, -0.1) is 0 Å². The van der Waals surface area contributed by atoms with Crippen LogP contribution in [0.5, 0.6) is 0 Å². The van der Waals surface area contributed by atoms with Crippen molar-refractivity contribution in [2.45, 2.75) is 70.7 Å². The number of H-pyrrole nitrogens is 1. The minimum Gasteiger partial charge on any atom is -0.444 e. The van der Waals surface area contributed by atoms with Gasteiger partial charge in [-0.1, -0.05) is 12.1 Å². The summed E-state index contributed by atoms with van der Waals surface area (Å²) < 4.78 is 18.8. The summed E-state index contributed by atoms with van der Waals surface area (Å²) in [5, 5.41) is 17.6. The second-order valence-electron chi connectivity index (χ2n) is 10.6. The summed E-state index contributed by atoms with van der Waals surface area (Å²) in [6.07, 6.45) is 6.43. The Kier molecular flexibility index (Phi) is 7.53. The molecule has 4 aromatic rings. The van der Waals surface area contributed by atoms with E-state index in [2.05, 4.69) is 46.1 Å². The summed E-state index contributed by atoms with van der Waals surface area (Å²) in [5.41, 5.74) is 2.09. The number of hydrogen-bond acceptors (Lipinski definition) is 9. The van der Waals surface area contributed by atoms with Crippen LogP contribution in [-0.4, -0.2) is 53.9 Å². The molecule has 1 amide bonds. The number of halogens is 1. The van der Waals surface area contributed by atoms with Gasteiger partial charge in [0.1, 0.15) is 17.1 Å². The predicted octanol–water partition coefficient (Wildman–Crippen LogP) is 4.81. The average molecular weight is 534 g/mol. The molecule has 0 bridgehead atoms. The Balaban J connectivity index is 1.19. The summed E-state index contributed by atoms with van der Waals surface area (Å²) in [6, 6.07) is 8.43. The van der Waals surface area contributed by atoms with Crippen LogP contribution in [0.15, 0.2) is 42.7 Å². The number of fused-ring (bicyclic) bond motifs is 1. The zero-order valence-electron chi connectivity index (χ0n) is 22.2. The van der Waals surface area contributed by atoms with Gasteiger partial charge in [0.05, 0.1) is 11.1 Å². The molecule has 0 spiro atoms. The molecule has 3 heterocycles. The maximum absolute atomic E-state index is 13.4. The molecule has 0 radical (unpaired) electrons. The van der Waals surface area contributed by atoms with E-state index in [1.807, 2.05) is 26.8 Å². The Hall–Kier alpha value is -4.35. The monoisotopic (exact) mass is 533 g/mol. The number of alkyl carbamates (subject to hydrolysis) is 1. The van der Waals surface area contributed by atoms with Gasteiger partial charge in [-0.2, -0.15) is 10.1 Å². The van der Waals surface area contributed by atoms with Crippen LogP contribution in [0.25, 0.3) is 22.4 Å². The minimum atomic E-state index is -0.512. The highest BCUT2D eigenvalue weighted by Crippen LogP contribution is 2.26. The molecule has 11 nitrogen and oxygen atoms in total. The van der Waals surface area contributed by atoms with E-state index in [0.717, 1.165) is 36.6 Å². The molecule has 0 atom stereocenters. The van der Waals surface area contributed by atoms with Crippen molar-refractivity contribution in [1.29, 1.82) is 0 Å². The van der Waals surface area contributed by atoms with Crippen molar-refractivity contribution in [3.8, 4) is 11.4 Å². The van der Waals surface area contributed by atoms with E-state index < -0.39 is 5.60 Å². The molecule has 0 saturated heterocycles. The predicted molar refractivity (Wildman–Crippen MR) is 145 cm³/mol. The number of benzene rings is 1. The fraction of sp³-hybridized carbons (Fsp3) is 0.407. The van der Waals surface area contributed by atoms with Gasteiger partial charge in [0.15, 0.2) is 5.65 Å². The largest absolute Gasteiger partial charge is 0.444 e. The highest BCUT2D eigenvalue weighted by molar-refractivity contribution is 5.89. The fourth-order valence-electron chi connectivity index (χ4n) is 4.52. The van der Waals surface area contributed by atoms with Gasteiger partial charge in [-0.25, -0.2) is 24.1 Å². The van der Waals surface area contributed by atoms with Crippen molar-refractivity contribution in [2.24, 2.45) is 0 Å². The van der Waals surface area contributed by atoms with Crippen molar-refractivity contribution in [2.75, 3.05) is 10.6 Å². The first-order chi connectivity index (χ1) is 18.7. The Labute approximate surface area is 225 Å². The summed E-state index contributed by atoms with van der Waals surface area (Å²) in [5.74, 6) is 0.633. The first kappa shape index (κ1) is 26.3. The van der Waals surface area contributed by atoms with E-state index in [9.17, 15) is 9.18 Å². The highest BCUT2D eigenvalue weighted by Gasteiger charge is 2.25. The SMILES string of the molecule is CC(C)(C)OC(=O)NC1CCC(Nc2ncc3c(-c4ccnc(NCc5cccc(F)c5)n4)n[nH]c3n2)CC1. The number of hydrogen-bond donors (Lipinski definition) is 4. The normalized spacial score (nSPS) is 17.5. The highest BCUT2D eigenvalue weighted by atomic mass is 19.1. The number of nitrogens with zero attached hydrogens (tertiary/aromatic N) is 5. The van der Waals surface area contributed by atoms with Crippen LogP contribution in [-0.2, 0) is 11.3 Å². The summed E-state index contributed by atoms with van der Waals surface area (Å²) >= 11 is 0. The van der Waals surface area contributed by atoms with Crippen LogP contribution >= 0.6 is 0 Å². The standard InChI is InChI=1S/C27H32FN9O2/c1-27(2,3)39-26(38)33-19-9-7-18(8-10-19)32-25-31-15-20-22(36-37-23(20)35-25)21-11-12-29-24(34-21)30-14-16-5-4-6-17(28)13-16/h4-6,11-13,15,18-19H,7-10,14H2,1-3H3,(H,33,38)(H,29,30,34)(H2,31,32,35,36,37). The van der Waals surface area contributed by atoms with E-state index in [1.165, 1.54) is 12.1 Å². The Bertz CT molecular complexity index is 1440. The van der Waals surface area contributed by atoms with E-state index in [4.69, 9.17) is 4.74 Å². The molecule has 0 aliphatic heterocycles. The average Bonchev–Trinajstić information content (AvgIpc) is 3.31. The van der Waals surface area contributed by atoms with Gasteiger partial charge < -0.3 is 20.7 Å². The lowest BCUT2D eigenvalue weighted by molar-refractivity contribution is 0.0492. The third kappa shape index (κ3) is 6.95. The number of nitrogens with one attached hydrogen (secondary N) is 4. The number of ether oxygens (including phenoxy) is 1. The molecule has 1 aliphatic rings. The van der Waals surface area contributed by atoms with Crippen molar-refractivity contribution < 1.29 is 13.9 Å². The lowest BCUT2D eigenvalue weighted by atomic mass is 9.91. The van der Waals surface area contributed by atoms with Crippen LogP contribution in [0.4, 0.5) is 21.1 Å². The van der Waals surface area contributed by atoms with E-state index >= 15 is 0 Å². The van der Waals surface area contributed by atoms with E-state index in [0.29, 0.717) is 35.5 Å². The molecule has 5 rings (SSSR count). The molecule has 1 fully saturated rings. The zero-order chi connectivity index (χ0) is 27.4. The molecule has 1 aromatic carbocycles. The minimum absolute atomic E-state index is 0.0950. The first-order valence-electron chi connectivity index (χ1n) is 13.0. The van der Waals surface area contributed by atoms with Crippen LogP contribution in [0.1, 0.15) is 52.0 Å². The Morgan fingerprint density at radius 1 is 1.08 bits per heavy atom. The van der Waals surface area contributed by atoms with Gasteiger partial charge in [-0.05, 0) is 70.2 Å². The molecule has 1 aliphatic carbocycles. The van der Waals surface area contributed by atoms with Gasteiger partial charge in [0.2, 0.25) is 11.9 Å². The molecular weight excluding hydrogens is 501 g/mol. The Morgan fingerprint density at radius 2 is 1.87 bits per heavy atom. The molecule has 204 valence electrons. The quantitative estimate of drug-likeness (QED) is 0.263. The molecule has 1 saturated carbocycles. The van der Waals surface area contributed by atoms with Gasteiger partial charge in [-0.3, -0.25) is 5.10 Å². The number of aromatic amines is 1. The topological polar surface area (TPSA) is 143 Å². The lowest BCUT2D eigenvalue weighted by Gasteiger charge is -2.30. The van der Waals surface area contributed by atoms with Crippen LogP contribution in [0.3, 0.4) is 0 Å². The summed E-state index contributed by atoms with van der Waals surface area (Å²) in [7, 11) is 0. The van der Waals surface area contributed by atoms with Crippen molar-refractivity contribution in [3.05, 3.63) is 54.1 Å². The maximum Gasteiger partial charge on any atom is 0.407 e. The molecular formula is C27H32FN9O2. The van der Waals surface area contributed by atoms with Gasteiger partial charge in [0.25, 0.3) is 0 Å². The van der Waals surface area contributed by atoms with Crippen molar-refractivity contribution in [3.63, 3.8) is 0 Å².